The van der Waals surface area contributed by atoms with Crippen molar-refractivity contribution in [2.45, 2.75) is 85.9 Å². The molecule has 2 atom stereocenters. The average Bonchev–Trinajstić information content (AvgIpc) is 3.33. The van der Waals surface area contributed by atoms with Crippen LogP contribution in [0.3, 0.4) is 0 Å². The Balaban J connectivity index is 1.63. The Labute approximate surface area is 233 Å². The molecule has 0 aromatic heterocycles. The second kappa shape index (κ2) is 10.3. The fourth-order valence-electron chi connectivity index (χ4n) is 7.07. The standard InChI is InChI=1S/C29H30F7NO3S/c30-27(28(31,32)33,29(34,35)36)22-12-13-23-21(17-22)11-14-24-26(23,41(39,40)18-19-7-3-1-4-8-19)15-16-37(24)25(38)20-9-5-2-6-10-20/h1,3-4,7-8,12-13,17,20,24H,2,5-6,9-11,14-16,18H2. The Hall–Kier alpha value is -2.63. The first-order chi connectivity index (χ1) is 19.1. The van der Waals surface area contributed by atoms with E-state index in [1.807, 2.05) is 0 Å². The molecular weight excluding hydrogens is 575 g/mol. The van der Waals surface area contributed by atoms with Gasteiger partial charge in [-0.15, -0.1) is 0 Å². The number of carbonyl (C=O) groups is 1. The van der Waals surface area contributed by atoms with Crippen LogP contribution in [0, 0.1) is 5.92 Å². The quantitative estimate of drug-likeness (QED) is 0.348. The van der Waals surface area contributed by atoms with Crippen LogP contribution in [0.15, 0.2) is 48.5 Å². The number of halogens is 7. The molecule has 2 aliphatic carbocycles. The van der Waals surface area contributed by atoms with Gasteiger partial charge in [-0.05, 0) is 48.8 Å². The summed E-state index contributed by atoms with van der Waals surface area (Å²) in [4.78, 5) is 15.2. The van der Waals surface area contributed by atoms with Gasteiger partial charge in [0.1, 0.15) is 4.75 Å². The summed E-state index contributed by atoms with van der Waals surface area (Å²) in [6, 6.07) is 9.21. The van der Waals surface area contributed by atoms with E-state index in [1.54, 1.807) is 35.2 Å². The van der Waals surface area contributed by atoms with Crippen LogP contribution in [0.5, 0.6) is 0 Å². The van der Waals surface area contributed by atoms with Crippen LogP contribution in [0.1, 0.15) is 67.2 Å². The molecule has 0 N–H and O–H groups in total. The Bertz CT molecular complexity index is 1390. The Kier molecular flexibility index (Phi) is 7.48. The highest BCUT2D eigenvalue weighted by Crippen LogP contribution is 2.56. The number of amides is 1. The zero-order valence-electron chi connectivity index (χ0n) is 22.1. The largest absolute Gasteiger partial charge is 0.435 e. The molecule has 2 fully saturated rings. The number of sulfone groups is 1. The average molecular weight is 606 g/mol. The Morgan fingerprint density at radius 3 is 2.12 bits per heavy atom. The second-order valence-corrected chi connectivity index (χ2v) is 13.6. The van der Waals surface area contributed by atoms with Crippen molar-refractivity contribution in [2.75, 3.05) is 6.54 Å². The van der Waals surface area contributed by atoms with Crippen molar-refractivity contribution >= 4 is 15.7 Å². The summed E-state index contributed by atoms with van der Waals surface area (Å²) in [5, 5.41) is 0. The summed E-state index contributed by atoms with van der Waals surface area (Å²) in [5.74, 6) is -0.857. The molecule has 1 saturated carbocycles. The molecule has 4 nitrogen and oxygen atoms in total. The van der Waals surface area contributed by atoms with Crippen LogP contribution in [-0.4, -0.2) is 44.2 Å². The lowest BCUT2D eigenvalue weighted by atomic mass is 9.76. The monoisotopic (exact) mass is 605 g/mol. The molecular formula is C29H30F7NO3S. The molecule has 1 amide bonds. The summed E-state index contributed by atoms with van der Waals surface area (Å²) in [6.45, 7) is 0.0906. The second-order valence-electron chi connectivity index (χ2n) is 11.3. The fourth-order valence-corrected chi connectivity index (χ4v) is 9.56. The van der Waals surface area contributed by atoms with E-state index in [-0.39, 0.29) is 48.8 Å². The number of hydrogen-bond donors (Lipinski definition) is 0. The van der Waals surface area contributed by atoms with Gasteiger partial charge in [0.15, 0.2) is 9.84 Å². The zero-order valence-corrected chi connectivity index (χ0v) is 22.9. The van der Waals surface area contributed by atoms with Crippen molar-refractivity contribution in [1.29, 1.82) is 0 Å². The van der Waals surface area contributed by atoms with E-state index in [4.69, 9.17) is 0 Å². The molecule has 3 aliphatic rings. The number of alkyl halides is 7. The van der Waals surface area contributed by atoms with E-state index in [0.29, 0.717) is 30.5 Å². The molecule has 5 rings (SSSR count). The van der Waals surface area contributed by atoms with E-state index in [2.05, 4.69) is 0 Å². The Morgan fingerprint density at radius 1 is 0.878 bits per heavy atom. The van der Waals surface area contributed by atoms with Gasteiger partial charge < -0.3 is 4.90 Å². The van der Waals surface area contributed by atoms with Crippen molar-refractivity contribution in [2.24, 2.45) is 5.92 Å². The van der Waals surface area contributed by atoms with Crippen molar-refractivity contribution in [1.82, 2.24) is 4.90 Å². The minimum Gasteiger partial charge on any atom is -0.337 e. The third-order valence-electron chi connectivity index (χ3n) is 9.06. The summed E-state index contributed by atoms with van der Waals surface area (Å²) >= 11 is 0. The highest BCUT2D eigenvalue weighted by Gasteiger charge is 2.73. The van der Waals surface area contributed by atoms with Crippen LogP contribution in [0.4, 0.5) is 30.7 Å². The van der Waals surface area contributed by atoms with Crippen molar-refractivity contribution in [3.63, 3.8) is 0 Å². The highest BCUT2D eigenvalue weighted by molar-refractivity contribution is 7.91. The highest BCUT2D eigenvalue weighted by atomic mass is 32.2. The Morgan fingerprint density at radius 2 is 1.51 bits per heavy atom. The number of rotatable bonds is 5. The van der Waals surface area contributed by atoms with Crippen molar-refractivity contribution in [3.8, 4) is 0 Å². The first-order valence-electron chi connectivity index (χ1n) is 13.7. The number of carbonyl (C=O) groups excluding carboxylic acids is 1. The molecule has 2 aromatic carbocycles. The van der Waals surface area contributed by atoms with E-state index < -0.39 is 50.0 Å². The summed E-state index contributed by atoms with van der Waals surface area (Å²) < 4.78 is 123. The van der Waals surface area contributed by atoms with Gasteiger partial charge in [-0.1, -0.05) is 67.8 Å². The van der Waals surface area contributed by atoms with Crippen LogP contribution in [0.2, 0.25) is 0 Å². The van der Waals surface area contributed by atoms with Crippen LogP contribution < -0.4 is 0 Å². The van der Waals surface area contributed by atoms with Crippen molar-refractivity contribution in [3.05, 3.63) is 70.8 Å². The zero-order chi connectivity index (χ0) is 29.8. The van der Waals surface area contributed by atoms with Crippen LogP contribution >= 0.6 is 0 Å². The van der Waals surface area contributed by atoms with Gasteiger partial charge in [0.2, 0.25) is 5.91 Å². The molecule has 0 radical (unpaired) electrons. The van der Waals surface area contributed by atoms with E-state index >= 15 is 0 Å². The van der Waals surface area contributed by atoms with Gasteiger partial charge in [0, 0.05) is 18.0 Å². The number of hydrogen-bond acceptors (Lipinski definition) is 3. The lowest BCUT2D eigenvalue weighted by Crippen LogP contribution is -2.54. The maximum absolute atomic E-state index is 14.9. The summed E-state index contributed by atoms with van der Waals surface area (Å²) in [5.41, 5.74) is -6.85. The fraction of sp³-hybridized carbons (Fsp3) is 0.552. The third kappa shape index (κ3) is 4.73. The predicted octanol–water partition coefficient (Wildman–Crippen LogP) is 6.91. The number of benzene rings is 2. The van der Waals surface area contributed by atoms with Gasteiger partial charge in [0.25, 0.3) is 0 Å². The molecule has 41 heavy (non-hydrogen) atoms. The SMILES string of the molecule is O=C(C1CCCCC1)N1CCC2(S(=O)(=O)Cc3ccccc3)c3ccc(C(F)(C(F)(F)F)C(F)(F)F)cc3CCC12. The normalized spacial score (nSPS) is 24.2. The minimum atomic E-state index is -6.29. The smallest absolute Gasteiger partial charge is 0.337 e. The predicted molar refractivity (Wildman–Crippen MR) is 137 cm³/mol. The minimum absolute atomic E-state index is 0.0141. The number of aryl methyl sites for hydroxylation is 1. The molecule has 1 aliphatic heterocycles. The van der Waals surface area contributed by atoms with Crippen molar-refractivity contribution < 1.29 is 43.9 Å². The van der Waals surface area contributed by atoms with Crippen LogP contribution in [-0.2, 0) is 37.2 Å². The van der Waals surface area contributed by atoms with E-state index in [1.165, 1.54) is 0 Å². The first-order valence-corrected chi connectivity index (χ1v) is 15.3. The van der Waals surface area contributed by atoms with Gasteiger partial charge >= 0.3 is 18.0 Å². The molecule has 12 heteroatoms. The van der Waals surface area contributed by atoms with Gasteiger partial charge in [-0.25, -0.2) is 12.8 Å². The molecule has 1 saturated heterocycles. The van der Waals surface area contributed by atoms with Gasteiger partial charge in [-0.3, -0.25) is 4.79 Å². The van der Waals surface area contributed by atoms with E-state index in [9.17, 15) is 43.9 Å². The molecule has 0 spiro atoms. The summed E-state index contributed by atoms with van der Waals surface area (Å²) in [7, 11) is -4.18. The third-order valence-corrected chi connectivity index (χ3v) is 11.6. The first kappa shape index (κ1) is 29.8. The number of fused-ring (bicyclic) bond motifs is 3. The maximum atomic E-state index is 14.9. The topological polar surface area (TPSA) is 54.5 Å². The van der Waals surface area contributed by atoms with Gasteiger partial charge in [-0.2, -0.15) is 26.3 Å². The molecule has 224 valence electrons. The lowest BCUT2D eigenvalue weighted by molar-refractivity contribution is -0.348. The maximum Gasteiger partial charge on any atom is 0.435 e. The van der Waals surface area contributed by atoms with Crippen LogP contribution in [0.25, 0.3) is 0 Å². The van der Waals surface area contributed by atoms with Gasteiger partial charge in [0.05, 0.1) is 11.8 Å². The van der Waals surface area contributed by atoms with E-state index in [0.717, 1.165) is 25.3 Å². The number of likely N-dealkylation sites (tertiary alicyclic amines) is 1. The molecule has 2 aromatic rings. The lowest BCUT2D eigenvalue weighted by Gasteiger charge is -2.44. The number of nitrogens with zero attached hydrogens (tertiary/aromatic N) is 1. The molecule has 0 bridgehead atoms. The summed E-state index contributed by atoms with van der Waals surface area (Å²) in [6.07, 6.45) is -8.60. The molecule has 1 heterocycles. The molecule has 2 unspecified atom stereocenters.